The molecule has 0 spiro atoms. The van der Waals surface area contributed by atoms with Crippen LogP contribution in [0.1, 0.15) is 13.8 Å². The minimum absolute atomic E-state index is 0.111. The van der Waals surface area contributed by atoms with Gasteiger partial charge in [-0.2, -0.15) is 0 Å². The van der Waals surface area contributed by atoms with E-state index in [1.807, 2.05) is 44.2 Å². The lowest BCUT2D eigenvalue weighted by atomic mass is 10.1. The van der Waals surface area contributed by atoms with Crippen LogP contribution in [0.3, 0.4) is 0 Å². The van der Waals surface area contributed by atoms with Gasteiger partial charge in [-0.1, -0.05) is 18.2 Å². The van der Waals surface area contributed by atoms with Gasteiger partial charge < -0.3 is 10.6 Å². The van der Waals surface area contributed by atoms with Gasteiger partial charge in [0.1, 0.15) is 0 Å². The molecule has 0 aliphatic heterocycles. The molecule has 19 heavy (non-hydrogen) atoms. The summed E-state index contributed by atoms with van der Waals surface area (Å²) in [4.78, 5) is 23.8. The molecule has 0 radical (unpaired) electrons. The number of carbonyl (C=O) groups excluding carboxylic acids is 2. The predicted octanol–water partition coefficient (Wildman–Crippen LogP) is 2.02. The van der Waals surface area contributed by atoms with Crippen molar-refractivity contribution in [1.82, 2.24) is 5.32 Å². The molecular weight excluding hydrogens is 240 g/mol. The molecule has 0 heterocycles. The Hall–Kier alpha value is -2.36. The van der Waals surface area contributed by atoms with E-state index in [1.165, 1.54) is 12.2 Å². The molecule has 1 aliphatic rings. The molecule has 0 saturated heterocycles. The van der Waals surface area contributed by atoms with Crippen molar-refractivity contribution in [3.63, 3.8) is 0 Å². The molecule has 1 aromatic carbocycles. The summed E-state index contributed by atoms with van der Waals surface area (Å²) in [6, 6.07) is 9.39. The molecule has 98 valence electrons. The monoisotopic (exact) mass is 256 g/mol. The van der Waals surface area contributed by atoms with Gasteiger partial charge >= 0.3 is 0 Å². The number of carbonyl (C=O) groups is 2. The van der Waals surface area contributed by atoms with Crippen molar-refractivity contribution in [3.8, 4) is 0 Å². The Balaban J connectivity index is 2.14. The molecule has 4 heteroatoms. The first-order valence-electron chi connectivity index (χ1n) is 6.17. The van der Waals surface area contributed by atoms with Gasteiger partial charge in [0.2, 0.25) is 11.6 Å². The summed E-state index contributed by atoms with van der Waals surface area (Å²) < 4.78 is 0. The van der Waals surface area contributed by atoms with Crippen LogP contribution in [0.2, 0.25) is 0 Å². The first kappa shape index (κ1) is 13.1. The van der Waals surface area contributed by atoms with E-state index >= 15 is 0 Å². The quantitative estimate of drug-likeness (QED) is 0.809. The number of benzene rings is 1. The van der Waals surface area contributed by atoms with Crippen molar-refractivity contribution in [2.24, 2.45) is 0 Å². The van der Waals surface area contributed by atoms with E-state index in [-0.39, 0.29) is 17.6 Å². The topological polar surface area (TPSA) is 58.2 Å². The smallest absolute Gasteiger partial charge is 0.204 e. The summed E-state index contributed by atoms with van der Waals surface area (Å²) in [7, 11) is 0. The molecule has 2 N–H and O–H groups in total. The van der Waals surface area contributed by atoms with E-state index in [0.717, 1.165) is 5.69 Å². The van der Waals surface area contributed by atoms with Gasteiger partial charge in [-0.3, -0.25) is 9.59 Å². The second-order valence-electron chi connectivity index (χ2n) is 4.63. The third-order valence-corrected chi connectivity index (χ3v) is 2.58. The fourth-order valence-electron chi connectivity index (χ4n) is 1.76. The Kier molecular flexibility index (Phi) is 3.80. The molecule has 1 aliphatic carbocycles. The molecule has 0 unspecified atom stereocenters. The van der Waals surface area contributed by atoms with Gasteiger partial charge in [-0.15, -0.1) is 0 Å². The first-order chi connectivity index (χ1) is 9.06. The summed E-state index contributed by atoms with van der Waals surface area (Å²) in [5, 5.41) is 5.92. The van der Waals surface area contributed by atoms with Crippen LogP contribution in [-0.4, -0.2) is 17.6 Å². The number of allylic oxidation sites excluding steroid dienone is 2. The minimum Gasteiger partial charge on any atom is -0.380 e. The van der Waals surface area contributed by atoms with Crippen LogP contribution in [0.15, 0.2) is 53.9 Å². The van der Waals surface area contributed by atoms with E-state index in [2.05, 4.69) is 10.6 Å². The van der Waals surface area contributed by atoms with Crippen molar-refractivity contribution in [2.45, 2.75) is 19.9 Å². The van der Waals surface area contributed by atoms with E-state index in [1.54, 1.807) is 0 Å². The highest BCUT2D eigenvalue weighted by molar-refractivity contribution is 6.20. The van der Waals surface area contributed by atoms with Crippen LogP contribution in [-0.2, 0) is 9.59 Å². The highest BCUT2D eigenvalue weighted by atomic mass is 16.1. The molecule has 0 bridgehead atoms. The Morgan fingerprint density at radius 1 is 0.895 bits per heavy atom. The van der Waals surface area contributed by atoms with Crippen LogP contribution < -0.4 is 10.6 Å². The number of anilines is 1. The third-order valence-electron chi connectivity index (χ3n) is 2.58. The molecule has 4 nitrogen and oxygen atoms in total. The van der Waals surface area contributed by atoms with Gasteiger partial charge in [-0.05, 0) is 26.0 Å². The molecule has 1 aromatic rings. The Labute approximate surface area is 112 Å². The minimum atomic E-state index is -0.202. The fourth-order valence-corrected chi connectivity index (χ4v) is 1.76. The number of para-hydroxylation sites is 1. The summed E-state index contributed by atoms with van der Waals surface area (Å²) in [6.45, 7) is 3.83. The highest BCUT2D eigenvalue weighted by Gasteiger charge is 2.20. The zero-order valence-corrected chi connectivity index (χ0v) is 10.9. The molecule has 0 aromatic heterocycles. The Bertz CT molecular complexity index is 557. The number of nitrogens with one attached hydrogen (secondary N) is 2. The van der Waals surface area contributed by atoms with Crippen molar-refractivity contribution in [3.05, 3.63) is 53.9 Å². The van der Waals surface area contributed by atoms with E-state index in [0.29, 0.717) is 11.4 Å². The second-order valence-corrected chi connectivity index (χ2v) is 4.63. The standard InChI is InChI=1S/C15H16N2O2/c1-10(2)16-12-8-15(19)13(9-14(12)18)17-11-6-4-3-5-7-11/h3-10,16-17H,1-2H3. The van der Waals surface area contributed by atoms with Gasteiger partial charge in [0.25, 0.3) is 0 Å². The first-order valence-corrected chi connectivity index (χ1v) is 6.17. The normalized spacial score (nSPS) is 15.1. The Morgan fingerprint density at radius 3 is 2.11 bits per heavy atom. The van der Waals surface area contributed by atoms with Gasteiger partial charge in [0.15, 0.2) is 0 Å². The van der Waals surface area contributed by atoms with Gasteiger partial charge in [0.05, 0.1) is 11.4 Å². The molecular formula is C15H16N2O2. The zero-order chi connectivity index (χ0) is 13.8. The summed E-state index contributed by atoms with van der Waals surface area (Å²) in [5.74, 6) is -0.390. The van der Waals surface area contributed by atoms with E-state index < -0.39 is 0 Å². The van der Waals surface area contributed by atoms with E-state index in [4.69, 9.17) is 0 Å². The number of hydrogen-bond acceptors (Lipinski definition) is 4. The third kappa shape index (κ3) is 3.31. The van der Waals surface area contributed by atoms with E-state index in [9.17, 15) is 9.59 Å². The molecule has 0 atom stereocenters. The number of hydrogen-bond donors (Lipinski definition) is 2. The Morgan fingerprint density at radius 2 is 1.47 bits per heavy atom. The van der Waals surface area contributed by atoms with Crippen molar-refractivity contribution in [1.29, 1.82) is 0 Å². The van der Waals surface area contributed by atoms with Crippen molar-refractivity contribution in [2.75, 3.05) is 5.32 Å². The van der Waals surface area contributed by atoms with Gasteiger partial charge in [0, 0.05) is 23.9 Å². The highest BCUT2D eigenvalue weighted by Crippen LogP contribution is 2.15. The maximum Gasteiger partial charge on any atom is 0.204 e. The lowest BCUT2D eigenvalue weighted by molar-refractivity contribution is -0.115. The van der Waals surface area contributed by atoms with Crippen LogP contribution in [0.25, 0.3) is 0 Å². The van der Waals surface area contributed by atoms with Crippen LogP contribution >= 0.6 is 0 Å². The largest absolute Gasteiger partial charge is 0.380 e. The van der Waals surface area contributed by atoms with Crippen LogP contribution in [0.4, 0.5) is 5.69 Å². The average Bonchev–Trinajstić information content (AvgIpc) is 2.36. The van der Waals surface area contributed by atoms with Crippen LogP contribution in [0, 0.1) is 0 Å². The summed E-state index contributed by atoms with van der Waals surface area (Å²) >= 11 is 0. The molecule has 0 saturated carbocycles. The zero-order valence-electron chi connectivity index (χ0n) is 10.9. The maximum absolute atomic E-state index is 11.9. The van der Waals surface area contributed by atoms with Crippen molar-refractivity contribution >= 4 is 17.3 Å². The number of ketones is 2. The van der Waals surface area contributed by atoms with Crippen LogP contribution in [0.5, 0.6) is 0 Å². The number of rotatable bonds is 4. The summed E-state index contributed by atoms with van der Waals surface area (Å²) in [6.07, 6.45) is 2.67. The maximum atomic E-state index is 11.9. The lowest BCUT2D eigenvalue weighted by Gasteiger charge is -2.17. The SMILES string of the molecule is CC(C)NC1=CC(=O)C(Nc2ccccc2)=CC1=O. The second kappa shape index (κ2) is 5.52. The predicted molar refractivity (Wildman–Crippen MR) is 74.5 cm³/mol. The summed E-state index contributed by atoms with van der Waals surface area (Å²) in [5.41, 5.74) is 1.42. The molecule has 2 rings (SSSR count). The lowest BCUT2D eigenvalue weighted by Crippen LogP contribution is -2.30. The molecule has 0 fully saturated rings. The molecule has 0 amide bonds. The van der Waals surface area contributed by atoms with Crippen molar-refractivity contribution < 1.29 is 9.59 Å². The van der Waals surface area contributed by atoms with Gasteiger partial charge in [-0.25, -0.2) is 0 Å². The fraction of sp³-hybridized carbons (Fsp3) is 0.200. The average molecular weight is 256 g/mol.